The number of carboxylic acid groups (broad SMARTS) is 1. The first-order chi connectivity index (χ1) is 16.4. The van der Waals surface area contributed by atoms with Gasteiger partial charge in [-0.15, -0.1) is 5.10 Å². The number of nitrogens with one attached hydrogen (secondary N) is 1. The SMILES string of the molecule is CCOC(=O)Cn1c(C)c(/C=C(\Sc2n[nH]c(-c3ccc(Cl)cc3)n2)C(=O)O)c2ccccc21. The van der Waals surface area contributed by atoms with Gasteiger partial charge in [-0.2, -0.15) is 0 Å². The number of H-pyrrole nitrogens is 1. The summed E-state index contributed by atoms with van der Waals surface area (Å²) in [7, 11) is 0. The quantitative estimate of drug-likeness (QED) is 0.197. The van der Waals surface area contributed by atoms with E-state index in [0.717, 1.165) is 33.9 Å². The molecule has 2 heterocycles. The zero-order valence-corrected chi connectivity index (χ0v) is 20.0. The maximum Gasteiger partial charge on any atom is 0.342 e. The molecule has 0 saturated carbocycles. The summed E-state index contributed by atoms with van der Waals surface area (Å²) in [5.74, 6) is -0.958. The number of halogens is 1. The normalized spacial score (nSPS) is 11.7. The number of carbonyl (C=O) groups is 2. The van der Waals surface area contributed by atoms with Crippen molar-refractivity contribution in [1.29, 1.82) is 0 Å². The summed E-state index contributed by atoms with van der Waals surface area (Å²) in [6, 6.07) is 14.6. The second-order valence-electron chi connectivity index (χ2n) is 7.30. The molecule has 0 spiro atoms. The average molecular weight is 497 g/mol. The van der Waals surface area contributed by atoms with Crippen LogP contribution in [0.25, 0.3) is 28.4 Å². The Morgan fingerprint density at radius 2 is 1.94 bits per heavy atom. The van der Waals surface area contributed by atoms with Crippen LogP contribution in [0.3, 0.4) is 0 Å². The minimum atomic E-state index is -1.11. The summed E-state index contributed by atoms with van der Waals surface area (Å²) >= 11 is 6.87. The molecule has 4 aromatic rings. The lowest BCUT2D eigenvalue weighted by atomic mass is 10.1. The molecule has 8 nitrogen and oxygen atoms in total. The molecule has 0 aliphatic carbocycles. The van der Waals surface area contributed by atoms with E-state index in [4.69, 9.17) is 16.3 Å². The number of esters is 1. The molecule has 2 N–H and O–H groups in total. The third-order valence-electron chi connectivity index (χ3n) is 5.14. The summed E-state index contributed by atoms with van der Waals surface area (Å²) in [6.07, 6.45) is 1.59. The van der Waals surface area contributed by atoms with Gasteiger partial charge in [0.15, 0.2) is 5.82 Å². The van der Waals surface area contributed by atoms with Gasteiger partial charge in [-0.05, 0) is 62.0 Å². The second kappa shape index (κ2) is 10.1. The van der Waals surface area contributed by atoms with Crippen molar-refractivity contribution in [1.82, 2.24) is 19.7 Å². The fraction of sp³-hybridized carbons (Fsp3) is 0.167. The first-order valence-corrected chi connectivity index (χ1v) is 11.6. The maximum absolute atomic E-state index is 12.1. The second-order valence-corrected chi connectivity index (χ2v) is 8.74. The first kappa shape index (κ1) is 23.6. The molecule has 0 aliphatic heterocycles. The van der Waals surface area contributed by atoms with Crippen molar-refractivity contribution in [2.45, 2.75) is 25.5 Å². The number of carboxylic acids is 1. The van der Waals surface area contributed by atoms with Gasteiger partial charge in [0.1, 0.15) is 11.4 Å². The van der Waals surface area contributed by atoms with Crippen molar-refractivity contribution in [3.05, 3.63) is 69.7 Å². The lowest BCUT2D eigenvalue weighted by Crippen LogP contribution is -2.14. The van der Waals surface area contributed by atoms with Gasteiger partial charge in [0.05, 0.1) is 6.61 Å². The predicted octanol–water partition coefficient (Wildman–Crippen LogP) is 5.17. The van der Waals surface area contributed by atoms with Crippen molar-refractivity contribution in [3.8, 4) is 11.4 Å². The van der Waals surface area contributed by atoms with Gasteiger partial charge in [0.25, 0.3) is 0 Å². The van der Waals surface area contributed by atoms with E-state index in [9.17, 15) is 14.7 Å². The van der Waals surface area contributed by atoms with Crippen molar-refractivity contribution in [2.24, 2.45) is 0 Å². The molecule has 0 amide bonds. The van der Waals surface area contributed by atoms with Gasteiger partial charge in [0.2, 0.25) is 5.16 Å². The number of para-hydroxylation sites is 1. The number of hydrogen-bond donors (Lipinski definition) is 2. The molecule has 174 valence electrons. The summed E-state index contributed by atoms with van der Waals surface area (Å²) < 4.78 is 6.93. The summed E-state index contributed by atoms with van der Waals surface area (Å²) in [6.45, 7) is 3.93. The predicted molar refractivity (Wildman–Crippen MR) is 132 cm³/mol. The number of fused-ring (bicyclic) bond motifs is 1. The Hall–Kier alpha value is -3.56. The molecule has 0 bridgehead atoms. The van der Waals surface area contributed by atoms with Gasteiger partial charge in [-0.25, -0.2) is 9.78 Å². The highest BCUT2D eigenvalue weighted by Crippen LogP contribution is 2.33. The fourth-order valence-corrected chi connectivity index (χ4v) is 4.39. The number of hydrogen-bond acceptors (Lipinski definition) is 6. The number of ether oxygens (including phenoxy) is 1. The van der Waals surface area contributed by atoms with Gasteiger partial charge < -0.3 is 14.4 Å². The average Bonchev–Trinajstić information content (AvgIpc) is 3.38. The van der Waals surface area contributed by atoms with Gasteiger partial charge >= 0.3 is 11.9 Å². The van der Waals surface area contributed by atoms with Crippen LogP contribution in [0.1, 0.15) is 18.2 Å². The smallest absolute Gasteiger partial charge is 0.342 e. The van der Waals surface area contributed by atoms with Gasteiger partial charge in [-0.3, -0.25) is 9.89 Å². The number of rotatable bonds is 8. The molecule has 10 heteroatoms. The van der Waals surface area contributed by atoms with Crippen LogP contribution >= 0.6 is 23.4 Å². The molecule has 2 aromatic carbocycles. The highest BCUT2D eigenvalue weighted by atomic mass is 35.5. The number of aliphatic carboxylic acids is 1. The third kappa shape index (κ3) is 5.00. The van der Waals surface area contributed by atoms with E-state index in [1.807, 2.05) is 35.8 Å². The fourth-order valence-electron chi connectivity index (χ4n) is 3.57. The van der Waals surface area contributed by atoms with Crippen LogP contribution in [0.2, 0.25) is 5.02 Å². The molecule has 34 heavy (non-hydrogen) atoms. The van der Waals surface area contributed by atoms with Gasteiger partial charge in [-0.1, -0.05) is 29.8 Å². The Bertz CT molecular complexity index is 1390. The molecule has 2 aromatic heterocycles. The highest BCUT2D eigenvalue weighted by Gasteiger charge is 2.19. The minimum absolute atomic E-state index is 0.0367. The Kier molecular flexibility index (Phi) is 7.04. The van der Waals surface area contributed by atoms with Crippen LogP contribution in [-0.4, -0.2) is 43.4 Å². The molecule has 0 fully saturated rings. The number of nitrogens with zero attached hydrogens (tertiary/aromatic N) is 3. The first-order valence-electron chi connectivity index (χ1n) is 10.4. The molecule has 0 saturated heterocycles. The molecule has 0 radical (unpaired) electrons. The van der Waals surface area contributed by atoms with Crippen LogP contribution in [-0.2, 0) is 20.9 Å². The minimum Gasteiger partial charge on any atom is -0.477 e. The number of aromatic amines is 1. The van der Waals surface area contributed by atoms with E-state index < -0.39 is 5.97 Å². The van der Waals surface area contributed by atoms with Crippen LogP contribution in [0, 0.1) is 6.92 Å². The number of carbonyl (C=O) groups excluding carboxylic acids is 1. The summed E-state index contributed by atoms with van der Waals surface area (Å²) in [5, 5.41) is 18.6. The number of thioether (sulfide) groups is 1. The largest absolute Gasteiger partial charge is 0.477 e. The van der Waals surface area contributed by atoms with Crippen molar-refractivity contribution in [3.63, 3.8) is 0 Å². The Morgan fingerprint density at radius 1 is 1.21 bits per heavy atom. The number of aromatic nitrogens is 4. The number of benzene rings is 2. The summed E-state index contributed by atoms with van der Waals surface area (Å²) in [4.78, 5) is 28.7. The van der Waals surface area contributed by atoms with Crippen molar-refractivity contribution < 1.29 is 19.4 Å². The molecule has 4 rings (SSSR count). The van der Waals surface area contributed by atoms with Crippen LogP contribution < -0.4 is 0 Å². The molecule has 0 atom stereocenters. The topological polar surface area (TPSA) is 110 Å². The third-order valence-corrected chi connectivity index (χ3v) is 6.27. The van der Waals surface area contributed by atoms with E-state index in [1.165, 1.54) is 0 Å². The van der Waals surface area contributed by atoms with Crippen molar-refractivity contribution >= 4 is 52.3 Å². The van der Waals surface area contributed by atoms with Gasteiger partial charge in [0, 0.05) is 32.7 Å². The Labute approximate surface area is 204 Å². The monoisotopic (exact) mass is 496 g/mol. The highest BCUT2D eigenvalue weighted by molar-refractivity contribution is 8.04. The van der Waals surface area contributed by atoms with E-state index in [0.29, 0.717) is 16.4 Å². The zero-order valence-electron chi connectivity index (χ0n) is 18.4. The van der Waals surface area contributed by atoms with E-state index in [2.05, 4.69) is 15.2 Å². The molecular weight excluding hydrogens is 476 g/mol. The maximum atomic E-state index is 12.1. The van der Waals surface area contributed by atoms with E-state index >= 15 is 0 Å². The molecular formula is C24H21ClN4O4S. The lowest BCUT2D eigenvalue weighted by molar-refractivity contribution is -0.143. The van der Waals surface area contributed by atoms with E-state index in [-0.39, 0.29) is 29.2 Å². The van der Waals surface area contributed by atoms with Crippen LogP contribution in [0.15, 0.2) is 58.6 Å². The molecule has 0 aliphatic rings. The summed E-state index contributed by atoms with van der Waals surface area (Å²) in [5.41, 5.74) is 3.06. The lowest BCUT2D eigenvalue weighted by Gasteiger charge is -2.07. The Balaban J connectivity index is 1.69. The standard InChI is InChI=1S/C24H21ClN4O4S/c1-3-33-21(30)13-29-14(2)18(17-6-4-5-7-19(17)29)12-20(23(31)32)34-24-26-22(27-28-24)15-8-10-16(25)11-9-15/h4-12H,3,13H2,1-2H3,(H,31,32)(H,26,27,28)/b20-12-. The van der Waals surface area contributed by atoms with Crippen LogP contribution in [0.5, 0.6) is 0 Å². The van der Waals surface area contributed by atoms with E-state index in [1.54, 1.807) is 37.3 Å². The van der Waals surface area contributed by atoms with Crippen molar-refractivity contribution in [2.75, 3.05) is 6.61 Å². The Morgan fingerprint density at radius 3 is 2.65 bits per heavy atom. The zero-order chi connectivity index (χ0) is 24.2. The molecule has 0 unspecified atom stereocenters. The van der Waals surface area contributed by atoms with Crippen LogP contribution in [0.4, 0.5) is 0 Å².